The molecular formula is C32H33F5N6O2. The molecule has 0 bridgehead atoms. The Morgan fingerprint density at radius 3 is 2.40 bits per heavy atom. The van der Waals surface area contributed by atoms with Gasteiger partial charge in [0.2, 0.25) is 0 Å². The number of hydrogen-bond donors (Lipinski definition) is 1. The first-order valence-corrected chi connectivity index (χ1v) is 15.4. The Balaban J connectivity index is 1.42. The Bertz CT molecular complexity index is 1750. The molecule has 3 saturated heterocycles. The van der Waals surface area contributed by atoms with E-state index in [1.165, 1.54) is 18.2 Å². The van der Waals surface area contributed by atoms with Gasteiger partial charge in [0, 0.05) is 37.1 Å². The van der Waals surface area contributed by atoms with E-state index in [1.807, 2.05) is 11.8 Å². The highest BCUT2D eigenvalue weighted by Crippen LogP contribution is 2.43. The molecule has 2 aromatic carbocycles. The number of piperazine rings is 1. The predicted octanol–water partition coefficient (Wildman–Crippen LogP) is 6.00. The molecule has 5 heterocycles. The summed E-state index contributed by atoms with van der Waals surface area (Å²) in [4.78, 5) is 18.5. The van der Waals surface area contributed by atoms with Gasteiger partial charge in [-0.15, -0.1) is 13.2 Å². The van der Waals surface area contributed by atoms with E-state index in [0.717, 1.165) is 44.8 Å². The van der Waals surface area contributed by atoms with Gasteiger partial charge in [0.15, 0.2) is 17.4 Å². The van der Waals surface area contributed by atoms with Crippen molar-refractivity contribution < 1.29 is 31.4 Å². The number of nitrogens with zero attached hydrogens (tertiary/aromatic N) is 5. The van der Waals surface area contributed by atoms with Crippen LogP contribution in [0.2, 0.25) is 0 Å². The number of benzene rings is 2. The molecule has 0 atom stereocenters. The van der Waals surface area contributed by atoms with Crippen LogP contribution in [0.4, 0.5) is 27.8 Å². The summed E-state index contributed by atoms with van der Waals surface area (Å²) in [5.41, 5.74) is 0.0247. The van der Waals surface area contributed by atoms with Crippen LogP contribution in [-0.4, -0.2) is 77.6 Å². The molecule has 3 aliphatic rings. The lowest BCUT2D eigenvalue weighted by atomic mass is 9.95. The van der Waals surface area contributed by atoms with Crippen LogP contribution < -0.4 is 19.7 Å². The van der Waals surface area contributed by atoms with Crippen molar-refractivity contribution in [1.82, 2.24) is 25.2 Å². The number of aryl methyl sites for hydroxylation is 1. The topological polar surface area (TPSA) is 75.6 Å². The summed E-state index contributed by atoms with van der Waals surface area (Å²) >= 11 is 0. The van der Waals surface area contributed by atoms with Gasteiger partial charge in [-0.05, 0) is 56.6 Å². The van der Waals surface area contributed by atoms with Gasteiger partial charge >= 0.3 is 12.4 Å². The monoisotopic (exact) mass is 628 g/mol. The van der Waals surface area contributed by atoms with Gasteiger partial charge in [-0.1, -0.05) is 31.2 Å². The molecule has 7 rings (SSSR count). The van der Waals surface area contributed by atoms with Crippen LogP contribution in [0.15, 0.2) is 30.3 Å². The highest BCUT2D eigenvalue weighted by atomic mass is 19.4. The fourth-order valence-electron chi connectivity index (χ4n) is 7.20. The van der Waals surface area contributed by atoms with Crippen molar-refractivity contribution in [1.29, 1.82) is 0 Å². The first-order valence-electron chi connectivity index (χ1n) is 15.4. The molecule has 2 aromatic heterocycles. The van der Waals surface area contributed by atoms with Crippen LogP contribution >= 0.6 is 0 Å². The zero-order valence-corrected chi connectivity index (χ0v) is 24.8. The molecule has 0 spiro atoms. The molecule has 0 saturated carbocycles. The van der Waals surface area contributed by atoms with Crippen molar-refractivity contribution >= 4 is 27.5 Å². The molecule has 3 aliphatic heterocycles. The minimum absolute atomic E-state index is 0.0346. The number of rotatable bonds is 7. The number of alkyl halides is 3. The standard InChI is InChI=1S/C32H33F5N6O2/c1-2-22-24-27(25(34)26(39-22)20-7-3-6-19-8-9-21(33)28(23(19)20)45-32(35,36)37)40-30(41-29(24)42-16-12-38-13-17-42)44-18-31-10-4-14-43(31)15-5-11-31/h3,6-9,38H,2,4-5,10-18H2,1H3. The van der Waals surface area contributed by atoms with Crippen LogP contribution in [-0.2, 0) is 6.42 Å². The summed E-state index contributed by atoms with van der Waals surface area (Å²) in [6.07, 6.45) is -0.624. The second-order valence-electron chi connectivity index (χ2n) is 11.9. The van der Waals surface area contributed by atoms with Crippen molar-refractivity contribution in [3.05, 3.63) is 47.7 Å². The van der Waals surface area contributed by atoms with Gasteiger partial charge in [0.05, 0.1) is 16.6 Å². The lowest BCUT2D eigenvalue weighted by Crippen LogP contribution is -2.44. The molecule has 3 fully saturated rings. The minimum atomic E-state index is -5.17. The Morgan fingerprint density at radius 2 is 1.69 bits per heavy atom. The lowest BCUT2D eigenvalue weighted by Gasteiger charge is -2.32. The number of halogens is 5. The van der Waals surface area contributed by atoms with Crippen molar-refractivity contribution in [3.8, 4) is 23.0 Å². The summed E-state index contributed by atoms with van der Waals surface area (Å²) in [6.45, 7) is 6.92. The molecule has 238 valence electrons. The minimum Gasteiger partial charge on any atom is -0.461 e. The van der Waals surface area contributed by atoms with E-state index in [2.05, 4.69) is 24.9 Å². The highest BCUT2D eigenvalue weighted by Gasteiger charge is 2.45. The smallest absolute Gasteiger partial charge is 0.461 e. The van der Waals surface area contributed by atoms with Crippen LogP contribution in [0.25, 0.3) is 32.9 Å². The number of ether oxygens (including phenoxy) is 2. The second-order valence-corrected chi connectivity index (χ2v) is 11.9. The average Bonchev–Trinajstić information content (AvgIpc) is 3.62. The van der Waals surface area contributed by atoms with E-state index >= 15 is 4.39 Å². The zero-order valence-electron chi connectivity index (χ0n) is 24.8. The molecule has 0 radical (unpaired) electrons. The molecule has 8 nitrogen and oxygen atoms in total. The van der Waals surface area contributed by atoms with E-state index in [1.54, 1.807) is 6.07 Å². The predicted molar refractivity (Wildman–Crippen MR) is 160 cm³/mol. The molecule has 0 unspecified atom stereocenters. The van der Waals surface area contributed by atoms with Crippen molar-refractivity contribution in [2.75, 3.05) is 50.8 Å². The molecule has 13 heteroatoms. The summed E-state index contributed by atoms with van der Waals surface area (Å²) in [5, 5.41) is 3.73. The Hall–Kier alpha value is -3.84. The maximum Gasteiger partial charge on any atom is 0.573 e. The molecule has 45 heavy (non-hydrogen) atoms. The van der Waals surface area contributed by atoms with E-state index in [-0.39, 0.29) is 39.1 Å². The van der Waals surface area contributed by atoms with Gasteiger partial charge in [-0.25, -0.2) is 13.8 Å². The molecule has 0 amide bonds. The second kappa shape index (κ2) is 11.5. The molecular weight excluding hydrogens is 595 g/mol. The van der Waals surface area contributed by atoms with Crippen LogP contribution in [0.3, 0.4) is 0 Å². The van der Waals surface area contributed by atoms with Gasteiger partial charge < -0.3 is 19.7 Å². The van der Waals surface area contributed by atoms with Crippen LogP contribution in [0.1, 0.15) is 38.3 Å². The fourth-order valence-corrected chi connectivity index (χ4v) is 7.20. The molecule has 1 N–H and O–H groups in total. The van der Waals surface area contributed by atoms with Crippen molar-refractivity contribution in [2.24, 2.45) is 0 Å². The Kier molecular flexibility index (Phi) is 7.63. The van der Waals surface area contributed by atoms with Gasteiger partial charge in [-0.3, -0.25) is 4.90 Å². The summed E-state index contributed by atoms with van der Waals surface area (Å²) < 4.78 is 82.3. The quantitative estimate of drug-likeness (QED) is 0.250. The molecule has 0 aliphatic carbocycles. The number of pyridine rings is 1. The van der Waals surface area contributed by atoms with E-state index in [9.17, 15) is 17.6 Å². The number of fused-ring (bicyclic) bond motifs is 3. The van der Waals surface area contributed by atoms with Gasteiger partial charge in [0.1, 0.15) is 23.6 Å². The Morgan fingerprint density at radius 1 is 0.933 bits per heavy atom. The summed E-state index contributed by atoms with van der Waals surface area (Å²) in [6, 6.07) is 6.72. The largest absolute Gasteiger partial charge is 0.573 e. The van der Waals surface area contributed by atoms with Crippen molar-refractivity contribution in [2.45, 2.75) is 50.9 Å². The molecule has 4 aromatic rings. The van der Waals surface area contributed by atoms with E-state index in [4.69, 9.17) is 9.72 Å². The van der Waals surface area contributed by atoms with Crippen LogP contribution in [0.5, 0.6) is 11.8 Å². The summed E-state index contributed by atoms with van der Waals surface area (Å²) in [5.74, 6) is -2.62. The third-order valence-corrected chi connectivity index (χ3v) is 9.28. The lowest BCUT2D eigenvalue weighted by molar-refractivity contribution is -0.275. The van der Waals surface area contributed by atoms with Gasteiger partial charge in [-0.2, -0.15) is 9.97 Å². The first-order chi connectivity index (χ1) is 21.7. The SMILES string of the molecule is CCc1nc(-c2cccc3ccc(F)c(OC(F)(F)F)c23)c(F)c2nc(OCC34CCCN3CCC4)nc(N3CCNCC3)c12. The maximum absolute atomic E-state index is 16.8. The number of hydrogen-bond acceptors (Lipinski definition) is 8. The Labute approximate surface area is 256 Å². The van der Waals surface area contributed by atoms with E-state index in [0.29, 0.717) is 56.1 Å². The number of aromatic nitrogens is 3. The maximum atomic E-state index is 16.8. The number of nitrogens with one attached hydrogen (secondary N) is 1. The average molecular weight is 629 g/mol. The van der Waals surface area contributed by atoms with E-state index < -0.39 is 23.7 Å². The third kappa shape index (κ3) is 5.39. The number of anilines is 1. The summed E-state index contributed by atoms with van der Waals surface area (Å²) in [7, 11) is 0. The fraction of sp³-hybridized carbons (Fsp3) is 0.469. The van der Waals surface area contributed by atoms with Gasteiger partial charge in [0.25, 0.3) is 0 Å². The van der Waals surface area contributed by atoms with Crippen molar-refractivity contribution in [3.63, 3.8) is 0 Å². The third-order valence-electron chi connectivity index (χ3n) is 9.28. The highest BCUT2D eigenvalue weighted by molar-refractivity contribution is 6.03. The normalized spacial score (nSPS) is 18.6. The first kappa shape index (κ1) is 29.8. The van der Waals surface area contributed by atoms with Crippen LogP contribution in [0, 0.1) is 11.6 Å². The zero-order chi connectivity index (χ0) is 31.3.